The van der Waals surface area contributed by atoms with Gasteiger partial charge in [-0.1, -0.05) is 31.7 Å². The topological polar surface area (TPSA) is 22.0 Å². The molecule has 0 fully saturated rings. The van der Waals surface area contributed by atoms with Gasteiger partial charge in [-0.2, -0.15) is 0 Å². The van der Waals surface area contributed by atoms with E-state index in [0.717, 1.165) is 41.4 Å². The lowest BCUT2D eigenvalue weighted by Crippen LogP contribution is -2.00. The molecule has 2 rings (SSSR count). The summed E-state index contributed by atoms with van der Waals surface area (Å²) in [7, 11) is 0. The Bertz CT molecular complexity index is 537. The molecule has 0 spiro atoms. The Morgan fingerprint density at radius 1 is 1.38 bits per heavy atom. The van der Waals surface area contributed by atoms with Gasteiger partial charge in [0.15, 0.2) is 6.29 Å². The van der Waals surface area contributed by atoms with Gasteiger partial charge in [-0.15, -0.1) is 0 Å². The maximum atomic E-state index is 11.0. The molecule has 0 saturated carbocycles. The molecular weight excluding hydrogens is 198 g/mol. The fourth-order valence-corrected chi connectivity index (χ4v) is 1.99. The summed E-state index contributed by atoms with van der Waals surface area (Å²) in [5, 5.41) is 1.11. The summed E-state index contributed by atoms with van der Waals surface area (Å²) in [4.78, 5) is 11.0. The Balaban J connectivity index is 2.69. The van der Waals surface area contributed by atoms with Crippen LogP contribution in [0, 0.1) is 0 Å². The summed E-state index contributed by atoms with van der Waals surface area (Å²) in [6.45, 7) is 6.74. The van der Waals surface area contributed by atoms with Gasteiger partial charge in [-0.25, -0.2) is 0 Å². The first kappa shape index (κ1) is 10.7. The lowest BCUT2D eigenvalue weighted by Gasteiger charge is -2.05. The first-order chi connectivity index (χ1) is 7.80. The van der Waals surface area contributed by atoms with Crippen LogP contribution in [0.5, 0.6) is 0 Å². The van der Waals surface area contributed by atoms with E-state index in [0.29, 0.717) is 0 Å². The molecule has 0 radical (unpaired) electrons. The summed E-state index contributed by atoms with van der Waals surface area (Å²) in [5.41, 5.74) is 2.94. The molecule has 0 atom stereocenters. The van der Waals surface area contributed by atoms with E-state index in [-0.39, 0.29) is 0 Å². The minimum Gasteiger partial charge on any atom is -0.338 e. The van der Waals surface area contributed by atoms with Crippen molar-refractivity contribution in [1.29, 1.82) is 0 Å². The molecule has 1 heterocycles. The van der Waals surface area contributed by atoms with Crippen LogP contribution in [0.15, 0.2) is 30.8 Å². The van der Waals surface area contributed by atoms with Gasteiger partial charge in [0.05, 0.1) is 5.69 Å². The molecule has 2 aromatic rings. The first-order valence-electron chi connectivity index (χ1n) is 5.51. The number of aldehydes is 1. The number of fused-ring (bicyclic) bond motifs is 1. The third kappa shape index (κ3) is 1.67. The second kappa shape index (κ2) is 4.35. The molecule has 2 nitrogen and oxygen atoms in total. The Labute approximate surface area is 95.2 Å². The van der Waals surface area contributed by atoms with E-state index < -0.39 is 0 Å². The van der Waals surface area contributed by atoms with Crippen molar-refractivity contribution < 1.29 is 4.79 Å². The highest BCUT2D eigenvalue weighted by Gasteiger charge is 2.07. The van der Waals surface area contributed by atoms with E-state index in [4.69, 9.17) is 0 Å². The quantitative estimate of drug-likeness (QED) is 0.712. The lowest BCUT2D eigenvalue weighted by molar-refractivity contribution is 0.111. The van der Waals surface area contributed by atoms with Crippen LogP contribution in [-0.4, -0.2) is 10.9 Å². The molecular formula is C14H15NO. The fraction of sp³-hybridized carbons (Fsp3) is 0.214. The second-order valence-corrected chi connectivity index (χ2v) is 3.86. The van der Waals surface area contributed by atoms with Crippen LogP contribution in [0.1, 0.15) is 29.4 Å². The Kier molecular flexibility index (Phi) is 2.91. The number of rotatable bonds is 4. The van der Waals surface area contributed by atoms with Gasteiger partial charge in [-0.3, -0.25) is 4.79 Å². The molecule has 2 heteroatoms. The Morgan fingerprint density at radius 2 is 2.19 bits per heavy atom. The largest absolute Gasteiger partial charge is 0.338 e. The van der Waals surface area contributed by atoms with Gasteiger partial charge in [0.25, 0.3) is 0 Å². The predicted octanol–water partition coefficient (Wildman–Crippen LogP) is 3.51. The molecule has 16 heavy (non-hydrogen) atoms. The zero-order valence-electron chi connectivity index (χ0n) is 9.44. The van der Waals surface area contributed by atoms with E-state index in [1.165, 1.54) is 0 Å². The van der Waals surface area contributed by atoms with Crippen LogP contribution in [0.25, 0.3) is 17.0 Å². The van der Waals surface area contributed by atoms with Crippen molar-refractivity contribution in [2.75, 3.05) is 0 Å². The van der Waals surface area contributed by atoms with Crippen LogP contribution >= 0.6 is 0 Å². The molecule has 0 unspecified atom stereocenters. The number of hydrogen-bond donors (Lipinski definition) is 0. The Morgan fingerprint density at radius 3 is 2.81 bits per heavy atom. The van der Waals surface area contributed by atoms with Crippen LogP contribution < -0.4 is 0 Å². The molecule has 0 aliphatic carbocycles. The van der Waals surface area contributed by atoms with E-state index in [2.05, 4.69) is 24.1 Å². The molecule has 1 aromatic heterocycles. The normalized spacial score (nSPS) is 10.6. The highest BCUT2D eigenvalue weighted by atomic mass is 16.1. The minimum atomic E-state index is 0.748. The zero-order chi connectivity index (χ0) is 11.5. The number of hydrogen-bond acceptors (Lipinski definition) is 1. The van der Waals surface area contributed by atoms with E-state index in [1.807, 2.05) is 24.3 Å². The average molecular weight is 213 g/mol. The molecule has 0 saturated heterocycles. The monoisotopic (exact) mass is 213 g/mol. The van der Waals surface area contributed by atoms with Crippen molar-refractivity contribution >= 4 is 23.3 Å². The smallest absolute Gasteiger partial charge is 0.166 e. The van der Waals surface area contributed by atoms with Crippen molar-refractivity contribution in [3.63, 3.8) is 0 Å². The van der Waals surface area contributed by atoms with Crippen molar-refractivity contribution in [3.8, 4) is 0 Å². The third-order valence-electron chi connectivity index (χ3n) is 2.76. The van der Waals surface area contributed by atoms with Crippen molar-refractivity contribution in [3.05, 3.63) is 42.1 Å². The summed E-state index contributed by atoms with van der Waals surface area (Å²) < 4.78 is 2.06. The molecule has 0 aliphatic rings. The van der Waals surface area contributed by atoms with Gasteiger partial charge in [0.2, 0.25) is 0 Å². The van der Waals surface area contributed by atoms with E-state index in [1.54, 1.807) is 0 Å². The predicted molar refractivity (Wildman–Crippen MR) is 67.7 cm³/mol. The number of carbonyl (C=O) groups is 1. The number of nitrogens with zero attached hydrogens (tertiary/aromatic N) is 1. The fourth-order valence-electron chi connectivity index (χ4n) is 1.99. The SMILES string of the molecule is C=Cc1ccc2cc(C=O)n(CCC)c2c1. The molecule has 0 N–H and O–H groups in total. The summed E-state index contributed by atoms with van der Waals surface area (Å²) in [6, 6.07) is 8.06. The van der Waals surface area contributed by atoms with Gasteiger partial charge in [0.1, 0.15) is 0 Å². The molecule has 1 aromatic carbocycles. The average Bonchev–Trinajstić information content (AvgIpc) is 2.67. The highest BCUT2D eigenvalue weighted by Crippen LogP contribution is 2.21. The third-order valence-corrected chi connectivity index (χ3v) is 2.76. The Hall–Kier alpha value is -1.83. The maximum absolute atomic E-state index is 11.0. The second-order valence-electron chi connectivity index (χ2n) is 3.86. The van der Waals surface area contributed by atoms with Crippen LogP contribution in [-0.2, 0) is 6.54 Å². The van der Waals surface area contributed by atoms with Gasteiger partial charge in [-0.05, 0) is 24.1 Å². The first-order valence-corrected chi connectivity index (χ1v) is 5.51. The molecule has 0 aliphatic heterocycles. The molecule has 82 valence electrons. The van der Waals surface area contributed by atoms with Gasteiger partial charge in [0, 0.05) is 17.4 Å². The summed E-state index contributed by atoms with van der Waals surface area (Å²) in [5.74, 6) is 0. The number of benzene rings is 1. The number of aromatic nitrogens is 1. The van der Waals surface area contributed by atoms with Crippen LogP contribution in [0.4, 0.5) is 0 Å². The van der Waals surface area contributed by atoms with Gasteiger partial charge < -0.3 is 4.57 Å². The lowest BCUT2D eigenvalue weighted by atomic mass is 10.1. The maximum Gasteiger partial charge on any atom is 0.166 e. The minimum absolute atomic E-state index is 0.748. The van der Waals surface area contributed by atoms with Crippen molar-refractivity contribution in [2.24, 2.45) is 0 Å². The molecule has 0 amide bonds. The molecule has 0 bridgehead atoms. The number of carbonyl (C=O) groups excluding carboxylic acids is 1. The number of aryl methyl sites for hydroxylation is 1. The van der Waals surface area contributed by atoms with Crippen LogP contribution in [0.2, 0.25) is 0 Å². The van der Waals surface area contributed by atoms with Gasteiger partial charge >= 0.3 is 0 Å². The summed E-state index contributed by atoms with van der Waals surface area (Å²) in [6.07, 6.45) is 3.76. The summed E-state index contributed by atoms with van der Waals surface area (Å²) >= 11 is 0. The van der Waals surface area contributed by atoms with Crippen molar-refractivity contribution in [1.82, 2.24) is 4.57 Å². The van der Waals surface area contributed by atoms with E-state index in [9.17, 15) is 4.79 Å². The van der Waals surface area contributed by atoms with Crippen molar-refractivity contribution in [2.45, 2.75) is 19.9 Å². The van der Waals surface area contributed by atoms with E-state index >= 15 is 0 Å². The standard InChI is InChI=1S/C14H15NO/c1-3-7-15-13(10-16)9-12-6-5-11(4-2)8-14(12)15/h4-6,8-10H,2-3,7H2,1H3. The highest BCUT2D eigenvalue weighted by molar-refractivity contribution is 5.90. The van der Waals surface area contributed by atoms with Crippen LogP contribution in [0.3, 0.4) is 0 Å². The zero-order valence-corrected chi connectivity index (χ0v) is 9.44.